The van der Waals surface area contributed by atoms with Crippen molar-refractivity contribution in [2.45, 2.75) is 37.8 Å². The number of likely N-dealkylation sites (tertiary alicyclic amines) is 1. The molecule has 2 atom stereocenters. The molecule has 1 rings (SSSR count). The van der Waals surface area contributed by atoms with E-state index in [2.05, 4.69) is 11.8 Å². The molecule has 1 fully saturated rings. The lowest BCUT2D eigenvalue weighted by molar-refractivity contribution is -0.0519. The van der Waals surface area contributed by atoms with Gasteiger partial charge in [-0.05, 0) is 32.7 Å². The second-order valence-electron chi connectivity index (χ2n) is 5.03. The van der Waals surface area contributed by atoms with Crippen LogP contribution in [-0.2, 0) is 9.47 Å². The van der Waals surface area contributed by atoms with Crippen LogP contribution in [0.25, 0.3) is 0 Å². The van der Waals surface area contributed by atoms with Crippen molar-refractivity contribution in [3.05, 3.63) is 0 Å². The molecule has 0 radical (unpaired) electrons. The predicted octanol–water partition coefficient (Wildman–Crippen LogP) is 0.851. The van der Waals surface area contributed by atoms with E-state index in [1.807, 2.05) is 0 Å². The summed E-state index contributed by atoms with van der Waals surface area (Å²) < 4.78 is 10.6. The first-order valence-electron chi connectivity index (χ1n) is 6.11. The Morgan fingerprint density at radius 2 is 2.19 bits per heavy atom. The monoisotopic (exact) mass is 230 g/mol. The van der Waals surface area contributed by atoms with Gasteiger partial charge in [-0.2, -0.15) is 0 Å². The minimum absolute atomic E-state index is 0.0131. The van der Waals surface area contributed by atoms with E-state index < -0.39 is 0 Å². The standard InChI is InChI=1S/C12H26N2O2/c1-12(16-3)6-4-7-14(10-12)9-11(13)5-8-15-2/h11H,4-10,13H2,1-3H3. The SMILES string of the molecule is COCCC(N)CN1CCCC(C)(OC)C1. The maximum absolute atomic E-state index is 6.06. The second-order valence-corrected chi connectivity index (χ2v) is 5.03. The van der Waals surface area contributed by atoms with Gasteiger partial charge in [-0.15, -0.1) is 0 Å². The van der Waals surface area contributed by atoms with Crippen LogP contribution in [-0.4, -0.2) is 57.0 Å². The van der Waals surface area contributed by atoms with E-state index in [0.29, 0.717) is 0 Å². The zero-order valence-electron chi connectivity index (χ0n) is 10.9. The van der Waals surface area contributed by atoms with Gasteiger partial charge in [0.25, 0.3) is 0 Å². The number of nitrogens with zero attached hydrogens (tertiary/aromatic N) is 1. The molecule has 1 aliphatic heterocycles. The Balaban J connectivity index is 2.31. The van der Waals surface area contributed by atoms with Crippen LogP contribution in [0.2, 0.25) is 0 Å². The van der Waals surface area contributed by atoms with Crippen LogP contribution in [0.5, 0.6) is 0 Å². The van der Waals surface area contributed by atoms with Crippen molar-refractivity contribution in [1.82, 2.24) is 4.90 Å². The minimum atomic E-state index is 0.0131. The van der Waals surface area contributed by atoms with Crippen molar-refractivity contribution < 1.29 is 9.47 Å². The van der Waals surface area contributed by atoms with Crippen molar-refractivity contribution in [3.8, 4) is 0 Å². The van der Waals surface area contributed by atoms with Crippen LogP contribution >= 0.6 is 0 Å². The molecular weight excluding hydrogens is 204 g/mol. The molecule has 0 spiro atoms. The summed E-state index contributed by atoms with van der Waals surface area (Å²) in [6.45, 7) is 6.00. The Kier molecular flexibility index (Phi) is 5.69. The molecule has 0 aromatic heterocycles. The summed E-state index contributed by atoms with van der Waals surface area (Å²) in [5.41, 5.74) is 6.07. The fraction of sp³-hybridized carbons (Fsp3) is 1.00. The highest BCUT2D eigenvalue weighted by atomic mass is 16.5. The van der Waals surface area contributed by atoms with E-state index in [-0.39, 0.29) is 11.6 Å². The number of piperidine rings is 1. The summed E-state index contributed by atoms with van der Waals surface area (Å²) in [5, 5.41) is 0. The Hall–Kier alpha value is -0.160. The zero-order valence-corrected chi connectivity index (χ0v) is 10.9. The van der Waals surface area contributed by atoms with Gasteiger partial charge in [0.05, 0.1) is 5.60 Å². The molecule has 0 aromatic carbocycles. The molecule has 4 heteroatoms. The van der Waals surface area contributed by atoms with Gasteiger partial charge < -0.3 is 15.2 Å². The van der Waals surface area contributed by atoms with Crippen LogP contribution in [0.15, 0.2) is 0 Å². The van der Waals surface area contributed by atoms with Crippen LogP contribution in [0, 0.1) is 0 Å². The Morgan fingerprint density at radius 1 is 1.44 bits per heavy atom. The molecular formula is C12H26N2O2. The van der Waals surface area contributed by atoms with Crippen molar-refractivity contribution in [2.75, 3.05) is 40.5 Å². The molecule has 1 heterocycles. The van der Waals surface area contributed by atoms with E-state index in [9.17, 15) is 0 Å². The molecule has 2 unspecified atom stereocenters. The number of methoxy groups -OCH3 is 2. The highest BCUT2D eigenvalue weighted by Crippen LogP contribution is 2.23. The quantitative estimate of drug-likeness (QED) is 0.735. The first-order chi connectivity index (χ1) is 7.59. The number of nitrogens with two attached hydrogens (primary N) is 1. The number of hydrogen-bond acceptors (Lipinski definition) is 4. The van der Waals surface area contributed by atoms with E-state index in [1.165, 1.54) is 6.42 Å². The third-order valence-corrected chi connectivity index (χ3v) is 3.42. The molecule has 0 aromatic rings. The molecule has 2 N–H and O–H groups in total. The molecule has 0 aliphatic carbocycles. The van der Waals surface area contributed by atoms with Crippen molar-refractivity contribution in [1.29, 1.82) is 0 Å². The highest BCUT2D eigenvalue weighted by Gasteiger charge is 2.30. The lowest BCUT2D eigenvalue weighted by Crippen LogP contribution is -2.50. The van der Waals surface area contributed by atoms with E-state index in [4.69, 9.17) is 15.2 Å². The van der Waals surface area contributed by atoms with Crippen LogP contribution in [0.4, 0.5) is 0 Å². The van der Waals surface area contributed by atoms with Crippen molar-refractivity contribution in [3.63, 3.8) is 0 Å². The Bertz CT molecular complexity index is 201. The minimum Gasteiger partial charge on any atom is -0.385 e. The second kappa shape index (κ2) is 6.55. The van der Waals surface area contributed by atoms with Gasteiger partial charge in [-0.1, -0.05) is 0 Å². The topological polar surface area (TPSA) is 47.7 Å². The Morgan fingerprint density at radius 3 is 2.81 bits per heavy atom. The van der Waals surface area contributed by atoms with Crippen LogP contribution < -0.4 is 5.73 Å². The van der Waals surface area contributed by atoms with Gasteiger partial charge >= 0.3 is 0 Å². The molecule has 0 amide bonds. The number of rotatable bonds is 6. The van der Waals surface area contributed by atoms with E-state index in [0.717, 1.165) is 39.1 Å². The summed E-state index contributed by atoms with van der Waals surface area (Å²) in [7, 11) is 3.52. The van der Waals surface area contributed by atoms with Gasteiger partial charge in [0, 0.05) is 40.0 Å². The molecule has 0 bridgehead atoms. The zero-order chi connectivity index (χ0) is 12.0. The van der Waals surface area contributed by atoms with Crippen LogP contribution in [0.1, 0.15) is 26.2 Å². The average Bonchev–Trinajstić information content (AvgIpc) is 2.26. The summed E-state index contributed by atoms with van der Waals surface area (Å²) in [5.74, 6) is 0. The number of hydrogen-bond donors (Lipinski definition) is 1. The lowest BCUT2D eigenvalue weighted by atomic mass is 9.94. The maximum atomic E-state index is 6.06. The largest absolute Gasteiger partial charge is 0.385 e. The van der Waals surface area contributed by atoms with Gasteiger partial charge in [-0.3, -0.25) is 4.90 Å². The predicted molar refractivity (Wildman–Crippen MR) is 65.6 cm³/mol. The molecule has 96 valence electrons. The highest BCUT2D eigenvalue weighted by molar-refractivity contribution is 4.85. The fourth-order valence-electron chi connectivity index (χ4n) is 2.32. The molecule has 16 heavy (non-hydrogen) atoms. The molecule has 4 nitrogen and oxygen atoms in total. The maximum Gasteiger partial charge on any atom is 0.0777 e. The summed E-state index contributed by atoms with van der Waals surface area (Å²) in [4.78, 5) is 2.41. The molecule has 0 saturated carbocycles. The van der Waals surface area contributed by atoms with Crippen molar-refractivity contribution in [2.24, 2.45) is 5.73 Å². The molecule has 1 saturated heterocycles. The van der Waals surface area contributed by atoms with Crippen molar-refractivity contribution >= 4 is 0 Å². The van der Waals surface area contributed by atoms with Gasteiger partial charge in [0.15, 0.2) is 0 Å². The first kappa shape index (κ1) is 13.9. The summed E-state index contributed by atoms with van der Waals surface area (Å²) in [6.07, 6.45) is 3.27. The average molecular weight is 230 g/mol. The molecule has 1 aliphatic rings. The van der Waals surface area contributed by atoms with E-state index >= 15 is 0 Å². The lowest BCUT2D eigenvalue weighted by Gasteiger charge is -2.40. The van der Waals surface area contributed by atoms with Gasteiger partial charge in [-0.25, -0.2) is 0 Å². The fourth-order valence-corrected chi connectivity index (χ4v) is 2.32. The third kappa shape index (κ3) is 4.37. The third-order valence-electron chi connectivity index (χ3n) is 3.42. The first-order valence-corrected chi connectivity index (χ1v) is 6.11. The van der Waals surface area contributed by atoms with Gasteiger partial charge in [0.1, 0.15) is 0 Å². The number of ether oxygens (including phenoxy) is 2. The van der Waals surface area contributed by atoms with E-state index in [1.54, 1.807) is 14.2 Å². The van der Waals surface area contributed by atoms with Gasteiger partial charge in [0.2, 0.25) is 0 Å². The summed E-state index contributed by atoms with van der Waals surface area (Å²) >= 11 is 0. The smallest absolute Gasteiger partial charge is 0.0777 e. The normalized spacial score (nSPS) is 29.2. The van der Waals surface area contributed by atoms with Crippen LogP contribution in [0.3, 0.4) is 0 Å². The summed E-state index contributed by atoms with van der Waals surface area (Å²) in [6, 6.07) is 0.208. The Labute approximate surface area is 99.1 Å².